The molecule has 25 heavy (non-hydrogen) atoms. The van der Waals surface area contributed by atoms with Crippen LogP contribution in [-0.2, 0) is 0 Å². The van der Waals surface area contributed by atoms with Crippen LogP contribution in [0.1, 0.15) is 28.8 Å². The molecule has 1 aliphatic rings. The zero-order chi connectivity index (χ0) is 17.8. The van der Waals surface area contributed by atoms with Crippen molar-refractivity contribution in [1.29, 1.82) is 5.26 Å². The molecule has 0 aromatic heterocycles. The minimum absolute atomic E-state index is 0.245. The van der Waals surface area contributed by atoms with Crippen LogP contribution in [0.25, 0.3) is 0 Å². The van der Waals surface area contributed by atoms with Crippen molar-refractivity contribution >= 4 is 23.7 Å². The summed E-state index contributed by atoms with van der Waals surface area (Å²) in [7, 11) is 0. The predicted molar refractivity (Wildman–Crippen MR) is 94.0 cm³/mol. The van der Waals surface area contributed by atoms with E-state index in [0.29, 0.717) is 41.1 Å². The molecule has 1 saturated heterocycles. The van der Waals surface area contributed by atoms with Crippen LogP contribution >= 0.6 is 11.8 Å². The van der Waals surface area contributed by atoms with Gasteiger partial charge in [-0.1, -0.05) is 6.07 Å². The molecule has 0 spiro atoms. The summed E-state index contributed by atoms with van der Waals surface area (Å²) in [6.07, 6.45) is 2.24. The molecule has 0 unspecified atom stereocenters. The second-order valence-electron chi connectivity index (χ2n) is 5.89. The van der Waals surface area contributed by atoms with Crippen molar-refractivity contribution in [3.05, 3.63) is 59.2 Å². The smallest absolute Gasteiger partial charge is 0.150 e. The Bertz CT molecular complexity index is 827. The van der Waals surface area contributed by atoms with E-state index in [-0.39, 0.29) is 16.9 Å². The minimum atomic E-state index is -0.388. The Labute approximate surface area is 149 Å². The van der Waals surface area contributed by atoms with Crippen molar-refractivity contribution in [2.24, 2.45) is 0 Å². The Balaban J connectivity index is 1.62. The molecule has 2 aromatic carbocycles. The van der Waals surface area contributed by atoms with Gasteiger partial charge < -0.3 is 4.90 Å². The van der Waals surface area contributed by atoms with Crippen LogP contribution in [-0.4, -0.2) is 24.6 Å². The van der Waals surface area contributed by atoms with Gasteiger partial charge in [0.15, 0.2) is 0 Å². The van der Waals surface area contributed by atoms with Gasteiger partial charge in [0.25, 0.3) is 0 Å². The molecule has 0 saturated carbocycles. The summed E-state index contributed by atoms with van der Waals surface area (Å²) in [4.78, 5) is 13.2. The first-order valence-corrected chi connectivity index (χ1v) is 8.84. The van der Waals surface area contributed by atoms with Gasteiger partial charge in [-0.3, -0.25) is 4.79 Å². The molecule has 3 rings (SSSR count). The third kappa shape index (κ3) is 3.99. The molecule has 1 heterocycles. The predicted octanol–water partition coefficient (Wildman–Crippen LogP) is 4.41. The highest BCUT2D eigenvalue weighted by Crippen LogP contribution is 2.34. The summed E-state index contributed by atoms with van der Waals surface area (Å²) in [5.74, 6) is -0.768. The van der Waals surface area contributed by atoms with E-state index >= 15 is 0 Å². The van der Waals surface area contributed by atoms with E-state index in [0.717, 1.165) is 12.8 Å². The molecule has 1 aliphatic heterocycles. The van der Waals surface area contributed by atoms with Crippen LogP contribution in [0, 0.1) is 23.0 Å². The van der Waals surface area contributed by atoms with Gasteiger partial charge in [-0.15, -0.1) is 11.8 Å². The number of nitrogens with zero attached hydrogens (tertiary/aromatic N) is 2. The van der Waals surface area contributed by atoms with Crippen molar-refractivity contribution in [3.8, 4) is 6.07 Å². The van der Waals surface area contributed by atoms with Gasteiger partial charge in [-0.2, -0.15) is 5.26 Å². The molecule has 0 aliphatic carbocycles. The monoisotopic (exact) mass is 358 g/mol. The Morgan fingerprint density at radius 3 is 2.48 bits per heavy atom. The lowest BCUT2D eigenvalue weighted by atomic mass is 10.1. The summed E-state index contributed by atoms with van der Waals surface area (Å²) < 4.78 is 28.1. The third-order valence-electron chi connectivity index (χ3n) is 4.25. The Morgan fingerprint density at radius 2 is 1.88 bits per heavy atom. The standard InChI is InChI=1S/C19H16F2N2OS/c20-16-9-13(11-22)1-3-18(16)23-7-5-15(6-8-23)25-19-4-2-14(12-24)10-17(19)21/h1-4,9-10,12,15H,5-8H2. The largest absolute Gasteiger partial charge is 0.369 e. The van der Waals surface area contributed by atoms with Crippen molar-refractivity contribution in [1.82, 2.24) is 0 Å². The first kappa shape index (κ1) is 17.4. The molecule has 1 fully saturated rings. The lowest BCUT2D eigenvalue weighted by Gasteiger charge is -2.33. The number of thioether (sulfide) groups is 1. The molecule has 0 bridgehead atoms. The summed E-state index contributed by atoms with van der Waals surface area (Å²) in [6, 6.07) is 10.9. The number of rotatable bonds is 4. The number of hydrogen-bond donors (Lipinski definition) is 0. The molecule has 3 nitrogen and oxygen atoms in total. The highest BCUT2D eigenvalue weighted by Gasteiger charge is 2.23. The average Bonchev–Trinajstić information content (AvgIpc) is 2.64. The number of benzene rings is 2. The second kappa shape index (κ2) is 7.66. The lowest BCUT2D eigenvalue weighted by molar-refractivity contribution is 0.112. The van der Waals surface area contributed by atoms with Crippen molar-refractivity contribution in [2.45, 2.75) is 23.0 Å². The lowest BCUT2D eigenvalue weighted by Crippen LogP contribution is -2.35. The summed E-state index contributed by atoms with van der Waals surface area (Å²) >= 11 is 1.46. The van der Waals surface area contributed by atoms with Gasteiger partial charge in [-0.05, 0) is 43.2 Å². The van der Waals surface area contributed by atoms with Crippen LogP contribution in [0.15, 0.2) is 41.3 Å². The number of aldehydes is 1. The molecule has 2 aromatic rings. The van der Waals surface area contributed by atoms with E-state index in [9.17, 15) is 13.6 Å². The maximum absolute atomic E-state index is 14.1. The Morgan fingerprint density at radius 1 is 1.12 bits per heavy atom. The van der Waals surface area contributed by atoms with Crippen LogP contribution < -0.4 is 4.90 Å². The number of hydrogen-bond acceptors (Lipinski definition) is 4. The second-order valence-corrected chi connectivity index (χ2v) is 7.23. The maximum atomic E-state index is 14.1. The van der Waals surface area contributed by atoms with Crippen LogP contribution in [0.5, 0.6) is 0 Å². The quantitative estimate of drug-likeness (QED) is 0.760. The fraction of sp³-hybridized carbons (Fsp3) is 0.263. The van der Waals surface area contributed by atoms with E-state index in [1.165, 1.54) is 23.9 Å². The zero-order valence-electron chi connectivity index (χ0n) is 13.4. The van der Waals surface area contributed by atoms with Gasteiger partial charge in [-0.25, -0.2) is 8.78 Å². The first-order chi connectivity index (χ1) is 12.1. The number of carbonyl (C=O) groups is 1. The van der Waals surface area contributed by atoms with Crippen LogP contribution in [0.3, 0.4) is 0 Å². The van der Waals surface area contributed by atoms with Crippen LogP contribution in [0.2, 0.25) is 0 Å². The Hall–Kier alpha value is -2.39. The highest BCUT2D eigenvalue weighted by atomic mass is 32.2. The normalized spacial score (nSPS) is 15.0. The first-order valence-electron chi connectivity index (χ1n) is 7.96. The van der Waals surface area contributed by atoms with Gasteiger partial charge >= 0.3 is 0 Å². The summed E-state index contributed by atoms with van der Waals surface area (Å²) in [5, 5.41) is 9.06. The van der Waals surface area contributed by atoms with Gasteiger partial charge in [0.2, 0.25) is 0 Å². The van der Waals surface area contributed by atoms with E-state index < -0.39 is 0 Å². The highest BCUT2D eigenvalue weighted by molar-refractivity contribution is 8.00. The molecule has 6 heteroatoms. The van der Waals surface area contributed by atoms with E-state index in [1.807, 2.05) is 11.0 Å². The molecular weight excluding hydrogens is 342 g/mol. The molecule has 0 amide bonds. The molecule has 0 atom stereocenters. The fourth-order valence-electron chi connectivity index (χ4n) is 2.91. The molecular formula is C19H16F2N2OS. The van der Waals surface area contributed by atoms with E-state index in [4.69, 9.17) is 5.26 Å². The minimum Gasteiger partial charge on any atom is -0.369 e. The van der Waals surface area contributed by atoms with E-state index in [2.05, 4.69) is 0 Å². The number of halogens is 2. The number of nitriles is 1. The number of anilines is 1. The van der Waals surface area contributed by atoms with Crippen LogP contribution in [0.4, 0.5) is 14.5 Å². The zero-order valence-corrected chi connectivity index (χ0v) is 14.2. The van der Waals surface area contributed by atoms with E-state index in [1.54, 1.807) is 24.3 Å². The SMILES string of the molecule is N#Cc1ccc(N2CCC(Sc3ccc(C=O)cc3F)CC2)c(F)c1. The van der Waals surface area contributed by atoms with Gasteiger partial charge in [0, 0.05) is 28.8 Å². The number of carbonyl (C=O) groups excluding carboxylic acids is 1. The average molecular weight is 358 g/mol. The molecule has 0 N–H and O–H groups in total. The maximum Gasteiger partial charge on any atom is 0.150 e. The third-order valence-corrected chi connectivity index (χ3v) is 5.63. The van der Waals surface area contributed by atoms with Crippen molar-refractivity contribution in [3.63, 3.8) is 0 Å². The molecule has 0 radical (unpaired) electrons. The van der Waals surface area contributed by atoms with Gasteiger partial charge in [0.05, 0.1) is 17.3 Å². The fourth-order valence-corrected chi connectivity index (χ4v) is 4.04. The summed E-state index contributed by atoms with van der Waals surface area (Å²) in [6.45, 7) is 1.35. The summed E-state index contributed by atoms with van der Waals surface area (Å²) in [5.41, 5.74) is 1.14. The van der Waals surface area contributed by atoms with Crippen molar-refractivity contribution < 1.29 is 13.6 Å². The van der Waals surface area contributed by atoms with Crippen molar-refractivity contribution in [2.75, 3.05) is 18.0 Å². The van der Waals surface area contributed by atoms with Gasteiger partial charge in [0.1, 0.15) is 17.9 Å². The topological polar surface area (TPSA) is 44.1 Å². The Kier molecular flexibility index (Phi) is 5.34. The molecule has 128 valence electrons. The number of piperidine rings is 1.